The smallest absolute Gasteiger partial charge is 0.251 e. The first-order valence-electron chi connectivity index (χ1n) is 13.5. The van der Waals surface area contributed by atoms with E-state index in [9.17, 15) is 9.59 Å². The highest BCUT2D eigenvalue weighted by Crippen LogP contribution is 2.43. The minimum absolute atomic E-state index is 0.0471. The van der Waals surface area contributed by atoms with E-state index in [4.69, 9.17) is 0 Å². The largest absolute Gasteiger partial charge is 0.351 e. The maximum Gasteiger partial charge on any atom is 0.251 e. The average molecular weight is 493 g/mol. The van der Waals surface area contributed by atoms with E-state index < -0.39 is 17.4 Å². The summed E-state index contributed by atoms with van der Waals surface area (Å²) < 4.78 is 15.8. The third-order valence-corrected chi connectivity index (χ3v) is 8.18. The summed E-state index contributed by atoms with van der Waals surface area (Å²) in [5.41, 5.74) is 0.170. The van der Waals surface area contributed by atoms with Crippen LogP contribution in [0, 0.1) is 11.7 Å². The standard InChI is InChI=1S/C29H37FN4O2/c1-19-15-25(32-17-19)27(35)34(26-13-12-21(16-24(26)30)20-10-11-20)29(2,22-7-6-14-31-18-22)28(36)33-23-8-4-3-5-9-23/h6-7,12-14,16,18-20,23,25,32H,3-5,8-11,15,17H2,1-2H3,(H,33,36)/t19-,25-,29?/m1/s1. The second-order valence-corrected chi connectivity index (χ2v) is 11.1. The molecular formula is C29H37FN4O2. The lowest BCUT2D eigenvalue weighted by Gasteiger charge is -2.42. The maximum atomic E-state index is 15.8. The molecule has 1 unspecified atom stereocenters. The minimum atomic E-state index is -1.47. The Morgan fingerprint density at radius 1 is 1.14 bits per heavy atom. The first-order chi connectivity index (χ1) is 17.4. The van der Waals surface area contributed by atoms with Gasteiger partial charge in [-0.3, -0.25) is 19.5 Å². The lowest BCUT2D eigenvalue weighted by molar-refractivity contribution is -0.131. The number of carbonyl (C=O) groups excluding carboxylic acids is 2. The first-order valence-corrected chi connectivity index (χ1v) is 13.5. The quantitative estimate of drug-likeness (QED) is 0.583. The van der Waals surface area contributed by atoms with Crippen LogP contribution < -0.4 is 15.5 Å². The van der Waals surface area contributed by atoms with Crippen molar-refractivity contribution in [2.75, 3.05) is 11.4 Å². The van der Waals surface area contributed by atoms with Gasteiger partial charge in [-0.2, -0.15) is 0 Å². The summed E-state index contributed by atoms with van der Waals surface area (Å²) in [6.07, 6.45) is 11.1. The van der Waals surface area contributed by atoms with Gasteiger partial charge in [0.05, 0.1) is 11.7 Å². The van der Waals surface area contributed by atoms with Crippen molar-refractivity contribution in [2.24, 2.45) is 5.92 Å². The van der Waals surface area contributed by atoms with E-state index in [1.165, 1.54) is 11.3 Å². The van der Waals surface area contributed by atoms with E-state index >= 15 is 4.39 Å². The Kier molecular flexibility index (Phi) is 7.11. The van der Waals surface area contributed by atoms with Crippen molar-refractivity contribution in [1.82, 2.24) is 15.6 Å². The van der Waals surface area contributed by atoms with E-state index in [0.717, 1.165) is 44.1 Å². The fraction of sp³-hybridized carbons (Fsp3) is 0.552. The zero-order valence-corrected chi connectivity index (χ0v) is 21.3. The van der Waals surface area contributed by atoms with Crippen molar-refractivity contribution in [2.45, 2.75) is 88.8 Å². The zero-order chi connectivity index (χ0) is 25.3. The van der Waals surface area contributed by atoms with Crippen LogP contribution in [0.5, 0.6) is 0 Å². The monoisotopic (exact) mass is 492 g/mol. The van der Waals surface area contributed by atoms with E-state index in [1.807, 2.05) is 6.07 Å². The minimum Gasteiger partial charge on any atom is -0.351 e. The number of amides is 2. The summed E-state index contributed by atoms with van der Waals surface area (Å²) in [4.78, 5) is 34.0. The van der Waals surface area contributed by atoms with Crippen molar-refractivity contribution in [1.29, 1.82) is 0 Å². The molecule has 3 fully saturated rings. The van der Waals surface area contributed by atoms with Crippen LogP contribution >= 0.6 is 0 Å². The molecule has 3 atom stereocenters. The molecule has 1 saturated heterocycles. The Morgan fingerprint density at radius 2 is 1.92 bits per heavy atom. The van der Waals surface area contributed by atoms with E-state index in [-0.39, 0.29) is 23.5 Å². The number of halogens is 1. The molecule has 2 aromatic rings. The normalized spacial score (nSPS) is 24.2. The number of benzene rings is 1. The van der Waals surface area contributed by atoms with Crippen molar-refractivity contribution in [3.8, 4) is 0 Å². The molecule has 7 heteroatoms. The summed E-state index contributed by atoms with van der Waals surface area (Å²) in [6, 6.07) is 8.25. The van der Waals surface area contributed by atoms with Gasteiger partial charge in [0.25, 0.3) is 5.91 Å². The van der Waals surface area contributed by atoms with Gasteiger partial charge in [0.1, 0.15) is 5.82 Å². The van der Waals surface area contributed by atoms with Gasteiger partial charge in [-0.1, -0.05) is 38.3 Å². The van der Waals surface area contributed by atoms with E-state index in [2.05, 4.69) is 22.5 Å². The molecule has 1 aromatic heterocycles. The molecule has 0 radical (unpaired) electrons. The molecule has 192 valence electrons. The summed E-state index contributed by atoms with van der Waals surface area (Å²) in [5, 5.41) is 6.52. The van der Waals surface area contributed by atoms with Crippen LogP contribution in [0.15, 0.2) is 42.7 Å². The Hall–Kier alpha value is -2.80. The van der Waals surface area contributed by atoms with Crippen LogP contribution in [0.4, 0.5) is 10.1 Å². The van der Waals surface area contributed by atoms with Crippen LogP contribution in [0.25, 0.3) is 0 Å². The second-order valence-electron chi connectivity index (χ2n) is 11.1. The molecule has 6 nitrogen and oxygen atoms in total. The fourth-order valence-electron chi connectivity index (χ4n) is 5.80. The number of nitrogens with one attached hydrogen (secondary N) is 2. The number of carbonyl (C=O) groups is 2. The van der Waals surface area contributed by atoms with Crippen molar-refractivity contribution >= 4 is 17.5 Å². The summed E-state index contributed by atoms with van der Waals surface area (Å²) in [6.45, 7) is 4.53. The summed E-state index contributed by atoms with van der Waals surface area (Å²) >= 11 is 0. The molecule has 3 aliphatic rings. The predicted octanol–water partition coefficient (Wildman–Crippen LogP) is 4.79. The molecule has 5 rings (SSSR count). The highest BCUT2D eigenvalue weighted by Gasteiger charge is 2.49. The molecule has 2 saturated carbocycles. The lowest BCUT2D eigenvalue weighted by Crippen LogP contribution is -2.61. The number of aromatic nitrogens is 1. The third-order valence-electron chi connectivity index (χ3n) is 8.18. The van der Waals surface area contributed by atoms with Crippen LogP contribution in [0.1, 0.15) is 82.3 Å². The third kappa shape index (κ3) is 4.90. The topological polar surface area (TPSA) is 74.3 Å². The van der Waals surface area contributed by atoms with Gasteiger partial charge >= 0.3 is 0 Å². The molecular weight excluding hydrogens is 455 g/mol. The van der Waals surface area contributed by atoms with Crippen molar-refractivity contribution in [3.63, 3.8) is 0 Å². The molecule has 0 bridgehead atoms. The number of pyridine rings is 1. The number of anilines is 1. The van der Waals surface area contributed by atoms with Gasteiger partial charge in [0.2, 0.25) is 5.91 Å². The van der Waals surface area contributed by atoms with Gasteiger partial charge in [-0.25, -0.2) is 4.39 Å². The van der Waals surface area contributed by atoms with E-state index in [1.54, 1.807) is 43.6 Å². The predicted molar refractivity (Wildman–Crippen MR) is 138 cm³/mol. The van der Waals surface area contributed by atoms with Gasteiger partial charge in [0, 0.05) is 24.0 Å². The van der Waals surface area contributed by atoms with Crippen LogP contribution in [0.3, 0.4) is 0 Å². The van der Waals surface area contributed by atoms with Crippen molar-refractivity contribution < 1.29 is 14.0 Å². The van der Waals surface area contributed by atoms with Crippen LogP contribution in [0.2, 0.25) is 0 Å². The lowest BCUT2D eigenvalue weighted by atomic mass is 9.86. The Morgan fingerprint density at radius 3 is 2.53 bits per heavy atom. The SMILES string of the molecule is C[C@H]1CN[C@@H](C(=O)N(c2ccc(C3CC3)cc2F)C(C)(C(=O)NC2CCCCC2)c2cccnc2)C1. The molecule has 1 aliphatic heterocycles. The van der Waals surface area contributed by atoms with Gasteiger partial charge in [0.15, 0.2) is 5.54 Å². The molecule has 2 heterocycles. The average Bonchev–Trinajstić information content (AvgIpc) is 3.66. The zero-order valence-electron chi connectivity index (χ0n) is 21.3. The summed E-state index contributed by atoms with van der Waals surface area (Å²) in [7, 11) is 0. The Balaban J connectivity index is 1.60. The molecule has 0 spiro atoms. The molecule has 2 aliphatic carbocycles. The number of hydrogen-bond donors (Lipinski definition) is 2. The summed E-state index contributed by atoms with van der Waals surface area (Å²) in [5.74, 6) is -0.354. The first kappa shape index (κ1) is 24.9. The van der Waals surface area contributed by atoms with Crippen molar-refractivity contribution in [3.05, 3.63) is 59.7 Å². The highest BCUT2D eigenvalue weighted by molar-refractivity contribution is 6.06. The maximum absolute atomic E-state index is 15.8. The van der Waals surface area contributed by atoms with Crippen LogP contribution in [-0.2, 0) is 15.1 Å². The van der Waals surface area contributed by atoms with E-state index in [0.29, 0.717) is 30.4 Å². The fourth-order valence-corrected chi connectivity index (χ4v) is 5.80. The number of nitrogens with zero attached hydrogens (tertiary/aromatic N) is 2. The molecule has 1 aromatic carbocycles. The van der Waals surface area contributed by atoms with Gasteiger partial charge in [-0.15, -0.1) is 0 Å². The molecule has 2 amide bonds. The highest BCUT2D eigenvalue weighted by atomic mass is 19.1. The second kappa shape index (κ2) is 10.3. The number of hydrogen-bond acceptors (Lipinski definition) is 4. The van der Waals surface area contributed by atoms with Gasteiger partial charge in [-0.05, 0) is 81.2 Å². The number of rotatable bonds is 7. The Bertz CT molecular complexity index is 1100. The van der Waals surface area contributed by atoms with Gasteiger partial charge < -0.3 is 10.6 Å². The molecule has 36 heavy (non-hydrogen) atoms. The Labute approximate surface area is 213 Å². The molecule has 2 N–H and O–H groups in total. The van der Waals surface area contributed by atoms with Crippen LogP contribution in [-0.4, -0.2) is 35.4 Å².